The van der Waals surface area contributed by atoms with Crippen LogP contribution in [0.15, 0.2) is 30.6 Å². The van der Waals surface area contributed by atoms with Crippen molar-refractivity contribution in [1.29, 1.82) is 0 Å². The molecule has 0 aliphatic rings. The minimum Gasteiger partial charge on any atom is -0.388 e. The van der Waals surface area contributed by atoms with Crippen molar-refractivity contribution >= 4 is 23.0 Å². The number of hydrogen-bond acceptors (Lipinski definition) is 5. The molecule has 0 atom stereocenters. The highest BCUT2D eigenvalue weighted by Gasteiger charge is 2.07. The Kier molecular flexibility index (Phi) is 3.78. The van der Waals surface area contributed by atoms with Gasteiger partial charge in [0.2, 0.25) is 0 Å². The van der Waals surface area contributed by atoms with Gasteiger partial charge in [-0.15, -0.1) is 0 Å². The Morgan fingerprint density at radius 2 is 2.11 bits per heavy atom. The third-order valence-electron chi connectivity index (χ3n) is 2.31. The summed E-state index contributed by atoms with van der Waals surface area (Å²) in [4.78, 5) is 12.9. The maximum Gasteiger partial charge on any atom is 0.155 e. The smallest absolute Gasteiger partial charge is 0.155 e. The highest BCUT2D eigenvalue weighted by atomic mass is 32.1. The van der Waals surface area contributed by atoms with Gasteiger partial charge in [-0.2, -0.15) is 0 Å². The molecule has 5 nitrogen and oxygen atoms in total. The maximum absolute atomic E-state index is 5.58. The molecule has 0 spiro atoms. The second kappa shape index (κ2) is 5.50. The minimum absolute atomic E-state index is 0.225. The fraction of sp³-hybridized carbons (Fsp3) is 0.167. The molecule has 2 heterocycles. The molecular weight excluding hydrogens is 246 g/mol. The molecule has 0 radical (unpaired) electrons. The summed E-state index contributed by atoms with van der Waals surface area (Å²) in [6, 6.07) is 5.85. The lowest BCUT2D eigenvalue weighted by atomic mass is 10.3. The number of nitrogens with two attached hydrogens (primary N) is 1. The summed E-state index contributed by atoms with van der Waals surface area (Å²) in [5, 5.41) is 3.13. The zero-order valence-electron chi connectivity index (χ0n) is 9.92. The topological polar surface area (TPSA) is 76.7 Å². The predicted molar refractivity (Wildman–Crippen MR) is 74.2 cm³/mol. The predicted octanol–water partition coefficient (Wildman–Crippen LogP) is 1.43. The number of thiocarbonyl (C=S) groups is 1. The van der Waals surface area contributed by atoms with Gasteiger partial charge in [-0.05, 0) is 19.1 Å². The van der Waals surface area contributed by atoms with Crippen LogP contribution in [0.2, 0.25) is 0 Å². The zero-order valence-corrected chi connectivity index (χ0v) is 10.7. The Hall–Kier alpha value is -2.08. The van der Waals surface area contributed by atoms with Crippen LogP contribution in [0.4, 0.5) is 5.82 Å². The van der Waals surface area contributed by atoms with Gasteiger partial charge in [0, 0.05) is 18.1 Å². The lowest BCUT2D eigenvalue weighted by molar-refractivity contribution is 0.996. The Morgan fingerprint density at radius 1 is 1.33 bits per heavy atom. The van der Waals surface area contributed by atoms with Crippen LogP contribution in [-0.4, -0.2) is 19.9 Å². The van der Waals surface area contributed by atoms with Gasteiger partial charge < -0.3 is 11.1 Å². The van der Waals surface area contributed by atoms with Crippen molar-refractivity contribution in [3.63, 3.8) is 0 Å². The van der Waals surface area contributed by atoms with E-state index in [-0.39, 0.29) is 4.99 Å². The summed E-state index contributed by atoms with van der Waals surface area (Å²) in [5.41, 5.74) is 7.98. The zero-order chi connectivity index (χ0) is 13.0. The molecule has 0 aliphatic carbocycles. The SMILES string of the molecule is Cc1cccc(CNc2nccnc2C(N)=S)n1. The molecule has 0 unspecified atom stereocenters. The maximum atomic E-state index is 5.58. The average molecular weight is 259 g/mol. The Labute approximate surface area is 110 Å². The van der Waals surface area contributed by atoms with Crippen LogP contribution in [0.5, 0.6) is 0 Å². The van der Waals surface area contributed by atoms with E-state index in [0.29, 0.717) is 18.1 Å². The van der Waals surface area contributed by atoms with Gasteiger partial charge in [0.1, 0.15) is 10.7 Å². The van der Waals surface area contributed by atoms with Crippen molar-refractivity contribution in [2.45, 2.75) is 13.5 Å². The number of nitrogens with zero attached hydrogens (tertiary/aromatic N) is 3. The van der Waals surface area contributed by atoms with Gasteiger partial charge in [0.05, 0.1) is 12.2 Å². The van der Waals surface area contributed by atoms with E-state index in [1.165, 1.54) is 0 Å². The summed E-state index contributed by atoms with van der Waals surface area (Å²) in [5.74, 6) is 0.577. The molecule has 0 bridgehead atoms. The molecule has 2 aromatic heterocycles. The normalized spacial score (nSPS) is 10.1. The Balaban J connectivity index is 2.13. The largest absolute Gasteiger partial charge is 0.388 e. The summed E-state index contributed by atoms with van der Waals surface area (Å²) in [6.07, 6.45) is 3.15. The average Bonchev–Trinajstić information content (AvgIpc) is 2.37. The molecule has 0 fully saturated rings. The number of aryl methyl sites for hydroxylation is 1. The molecule has 0 saturated carbocycles. The minimum atomic E-state index is 0.225. The summed E-state index contributed by atoms with van der Waals surface area (Å²) in [6.45, 7) is 2.50. The van der Waals surface area contributed by atoms with Crippen molar-refractivity contribution in [2.75, 3.05) is 5.32 Å². The van der Waals surface area contributed by atoms with Crippen molar-refractivity contribution in [2.24, 2.45) is 5.73 Å². The number of rotatable bonds is 4. The Morgan fingerprint density at radius 3 is 2.83 bits per heavy atom. The Bertz CT molecular complexity index is 570. The molecule has 0 saturated heterocycles. The van der Waals surface area contributed by atoms with E-state index in [9.17, 15) is 0 Å². The number of pyridine rings is 1. The molecule has 2 aromatic rings. The first-order valence-corrected chi connectivity index (χ1v) is 5.85. The number of nitrogens with one attached hydrogen (secondary N) is 1. The van der Waals surface area contributed by atoms with Crippen LogP contribution in [0.1, 0.15) is 17.1 Å². The van der Waals surface area contributed by atoms with Crippen LogP contribution in [0, 0.1) is 6.92 Å². The molecule has 0 aromatic carbocycles. The summed E-state index contributed by atoms with van der Waals surface area (Å²) < 4.78 is 0. The molecule has 0 aliphatic heterocycles. The van der Waals surface area contributed by atoms with Crippen molar-refractivity contribution in [3.8, 4) is 0 Å². The first-order valence-electron chi connectivity index (χ1n) is 5.44. The third kappa shape index (κ3) is 2.98. The van der Waals surface area contributed by atoms with Gasteiger partial charge in [-0.3, -0.25) is 4.98 Å². The van der Waals surface area contributed by atoms with Gasteiger partial charge in [0.25, 0.3) is 0 Å². The van der Waals surface area contributed by atoms with Gasteiger partial charge >= 0.3 is 0 Å². The van der Waals surface area contributed by atoms with Crippen LogP contribution in [0.25, 0.3) is 0 Å². The van der Waals surface area contributed by atoms with Crippen LogP contribution in [0.3, 0.4) is 0 Å². The van der Waals surface area contributed by atoms with Crippen molar-refractivity contribution in [3.05, 3.63) is 47.7 Å². The third-order valence-corrected chi connectivity index (χ3v) is 2.51. The van der Waals surface area contributed by atoms with E-state index in [4.69, 9.17) is 18.0 Å². The van der Waals surface area contributed by atoms with Gasteiger partial charge in [-0.1, -0.05) is 18.3 Å². The fourth-order valence-electron chi connectivity index (χ4n) is 1.52. The van der Waals surface area contributed by atoms with Crippen molar-refractivity contribution < 1.29 is 0 Å². The quantitative estimate of drug-likeness (QED) is 0.809. The molecule has 18 heavy (non-hydrogen) atoms. The number of hydrogen-bond donors (Lipinski definition) is 2. The van der Waals surface area contributed by atoms with Gasteiger partial charge in [0.15, 0.2) is 5.82 Å². The highest BCUT2D eigenvalue weighted by molar-refractivity contribution is 7.80. The highest BCUT2D eigenvalue weighted by Crippen LogP contribution is 2.09. The molecule has 0 amide bonds. The molecule has 6 heteroatoms. The summed E-state index contributed by atoms with van der Waals surface area (Å²) in [7, 11) is 0. The van der Waals surface area contributed by atoms with E-state index in [0.717, 1.165) is 11.4 Å². The first-order chi connectivity index (χ1) is 8.66. The standard InChI is InChI=1S/C12H13N5S/c1-8-3-2-4-9(17-8)7-16-12-10(11(13)18)14-5-6-15-12/h2-6H,7H2,1H3,(H2,13,18)(H,15,16). The molecule has 2 rings (SSSR count). The van der Waals surface area contributed by atoms with E-state index < -0.39 is 0 Å². The molecular formula is C12H13N5S. The molecule has 92 valence electrons. The van der Waals surface area contributed by atoms with E-state index in [1.807, 2.05) is 25.1 Å². The van der Waals surface area contributed by atoms with E-state index in [2.05, 4.69) is 20.3 Å². The fourth-order valence-corrected chi connectivity index (χ4v) is 1.67. The van der Waals surface area contributed by atoms with Crippen LogP contribution in [-0.2, 0) is 6.54 Å². The molecule has 3 N–H and O–H groups in total. The lowest BCUT2D eigenvalue weighted by Crippen LogP contribution is -2.16. The van der Waals surface area contributed by atoms with E-state index >= 15 is 0 Å². The summed E-state index contributed by atoms with van der Waals surface area (Å²) >= 11 is 4.92. The second-order valence-corrected chi connectivity index (χ2v) is 4.18. The monoisotopic (exact) mass is 259 g/mol. The van der Waals surface area contributed by atoms with E-state index in [1.54, 1.807) is 12.4 Å². The number of anilines is 1. The van der Waals surface area contributed by atoms with Crippen LogP contribution < -0.4 is 11.1 Å². The van der Waals surface area contributed by atoms with Gasteiger partial charge in [-0.25, -0.2) is 9.97 Å². The number of aromatic nitrogens is 3. The first kappa shape index (κ1) is 12.4. The van der Waals surface area contributed by atoms with Crippen molar-refractivity contribution in [1.82, 2.24) is 15.0 Å². The lowest BCUT2D eigenvalue weighted by Gasteiger charge is -2.08. The second-order valence-electron chi connectivity index (χ2n) is 3.74. The van der Waals surface area contributed by atoms with Crippen LogP contribution >= 0.6 is 12.2 Å².